The number of hydrogen-bond donors (Lipinski definition) is 2. The molecule has 4 rings (SSSR count). The standard InChI is InChI=1S/C19H23N5OS2/c1-19(2,3)12-7-13(10-8-22-18(21)23-9-10)24-16-14(12)15(20)17(26-16)27(25)11-5-4-6-11/h7-9,11H,4-6,20H2,1-3H3,(H2,21,22,23). The van der Waals surface area contributed by atoms with Crippen LogP contribution in [0.4, 0.5) is 11.6 Å². The van der Waals surface area contributed by atoms with Crippen LogP contribution < -0.4 is 11.5 Å². The van der Waals surface area contributed by atoms with Gasteiger partial charge in [-0.3, -0.25) is 4.21 Å². The van der Waals surface area contributed by atoms with Crippen LogP contribution in [0.3, 0.4) is 0 Å². The van der Waals surface area contributed by atoms with Gasteiger partial charge in [-0.05, 0) is 29.9 Å². The number of rotatable bonds is 3. The number of nitrogen functional groups attached to an aromatic ring is 2. The predicted molar refractivity (Wildman–Crippen MR) is 112 cm³/mol. The summed E-state index contributed by atoms with van der Waals surface area (Å²) in [5.41, 5.74) is 15.2. The molecule has 0 bridgehead atoms. The van der Waals surface area contributed by atoms with Crippen LogP contribution in [0.25, 0.3) is 21.5 Å². The van der Waals surface area contributed by atoms with Gasteiger partial charge in [-0.15, -0.1) is 11.3 Å². The van der Waals surface area contributed by atoms with Crippen LogP contribution in [0.2, 0.25) is 0 Å². The molecule has 1 saturated carbocycles. The van der Waals surface area contributed by atoms with E-state index in [2.05, 4.69) is 30.7 Å². The zero-order valence-corrected chi connectivity index (χ0v) is 17.3. The molecule has 0 aromatic carbocycles. The third-order valence-corrected chi connectivity index (χ3v) is 8.28. The lowest BCUT2D eigenvalue weighted by atomic mass is 9.84. The largest absolute Gasteiger partial charge is 0.396 e. The molecule has 4 N–H and O–H groups in total. The van der Waals surface area contributed by atoms with Crippen molar-refractivity contribution in [1.29, 1.82) is 0 Å². The molecule has 3 aromatic rings. The van der Waals surface area contributed by atoms with E-state index in [4.69, 9.17) is 16.5 Å². The van der Waals surface area contributed by atoms with E-state index in [1.165, 1.54) is 11.3 Å². The number of pyridine rings is 1. The molecule has 0 radical (unpaired) electrons. The molecule has 8 heteroatoms. The molecule has 1 atom stereocenters. The van der Waals surface area contributed by atoms with Gasteiger partial charge in [-0.2, -0.15) is 0 Å². The maximum Gasteiger partial charge on any atom is 0.219 e. The minimum absolute atomic E-state index is 0.144. The van der Waals surface area contributed by atoms with Gasteiger partial charge in [0.1, 0.15) is 9.04 Å². The van der Waals surface area contributed by atoms with Crippen molar-refractivity contribution in [3.63, 3.8) is 0 Å². The van der Waals surface area contributed by atoms with Crippen LogP contribution in [0.5, 0.6) is 0 Å². The highest BCUT2D eigenvalue weighted by Crippen LogP contribution is 2.44. The van der Waals surface area contributed by atoms with E-state index in [0.29, 0.717) is 5.69 Å². The summed E-state index contributed by atoms with van der Waals surface area (Å²) in [6.07, 6.45) is 6.51. The van der Waals surface area contributed by atoms with Gasteiger partial charge in [0, 0.05) is 28.6 Å². The Morgan fingerprint density at radius 2 is 1.85 bits per heavy atom. The summed E-state index contributed by atoms with van der Waals surface area (Å²) >= 11 is 1.45. The van der Waals surface area contributed by atoms with E-state index >= 15 is 0 Å². The molecule has 0 spiro atoms. The third-order valence-electron chi connectivity index (χ3n) is 4.98. The van der Waals surface area contributed by atoms with Gasteiger partial charge < -0.3 is 11.5 Å². The van der Waals surface area contributed by atoms with E-state index in [1.807, 2.05) is 6.07 Å². The minimum Gasteiger partial charge on any atom is -0.396 e. The molecule has 3 aromatic heterocycles. The number of nitrogens with two attached hydrogens (primary N) is 2. The van der Waals surface area contributed by atoms with Crippen molar-refractivity contribution >= 4 is 44.0 Å². The van der Waals surface area contributed by atoms with Crippen LogP contribution in [0, 0.1) is 0 Å². The average molecular weight is 402 g/mol. The summed E-state index contributed by atoms with van der Waals surface area (Å²) in [6, 6.07) is 2.04. The van der Waals surface area contributed by atoms with Gasteiger partial charge in [0.05, 0.1) is 22.2 Å². The Morgan fingerprint density at radius 1 is 1.19 bits per heavy atom. The van der Waals surface area contributed by atoms with Crippen molar-refractivity contribution in [3.8, 4) is 11.3 Å². The van der Waals surface area contributed by atoms with Gasteiger partial charge in [-0.25, -0.2) is 15.0 Å². The first-order chi connectivity index (χ1) is 12.8. The van der Waals surface area contributed by atoms with Crippen molar-refractivity contribution < 1.29 is 4.21 Å². The molecule has 0 amide bonds. The lowest BCUT2D eigenvalue weighted by Gasteiger charge is -2.24. The quantitative estimate of drug-likeness (QED) is 0.689. The highest BCUT2D eigenvalue weighted by atomic mass is 32.2. The van der Waals surface area contributed by atoms with E-state index in [1.54, 1.807) is 12.4 Å². The van der Waals surface area contributed by atoms with Crippen LogP contribution in [-0.4, -0.2) is 24.4 Å². The molecule has 1 aliphatic rings. The van der Waals surface area contributed by atoms with Gasteiger partial charge in [0.25, 0.3) is 0 Å². The Labute approximate surface area is 164 Å². The number of nitrogens with zero attached hydrogens (tertiary/aromatic N) is 3. The number of fused-ring (bicyclic) bond motifs is 1. The second-order valence-electron chi connectivity index (χ2n) is 7.97. The van der Waals surface area contributed by atoms with E-state index in [0.717, 1.165) is 50.5 Å². The summed E-state index contributed by atoms with van der Waals surface area (Å²) < 4.78 is 13.7. The molecule has 1 unspecified atom stereocenters. The average Bonchev–Trinajstić information content (AvgIpc) is 2.89. The van der Waals surface area contributed by atoms with E-state index < -0.39 is 10.8 Å². The molecule has 0 saturated heterocycles. The number of hydrogen-bond acceptors (Lipinski definition) is 7. The third kappa shape index (κ3) is 3.21. The highest BCUT2D eigenvalue weighted by molar-refractivity contribution is 7.88. The van der Waals surface area contributed by atoms with Gasteiger partial charge in [0.15, 0.2) is 0 Å². The molecular formula is C19H23N5OS2. The molecule has 6 nitrogen and oxygen atoms in total. The minimum atomic E-state index is -1.06. The molecule has 142 valence electrons. The van der Waals surface area contributed by atoms with Crippen LogP contribution >= 0.6 is 11.3 Å². The van der Waals surface area contributed by atoms with Gasteiger partial charge in [-0.1, -0.05) is 27.2 Å². The van der Waals surface area contributed by atoms with Crippen molar-refractivity contribution in [2.45, 2.75) is 54.9 Å². The van der Waals surface area contributed by atoms with Crippen LogP contribution in [-0.2, 0) is 16.2 Å². The first-order valence-electron chi connectivity index (χ1n) is 8.97. The van der Waals surface area contributed by atoms with Crippen molar-refractivity contribution in [2.24, 2.45) is 0 Å². The Morgan fingerprint density at radius 3 is 2.41 bits per heavy atom. The number of thiophene rings is 1. The Hall–Kier alpha value is -2.06. The van der Waals surface area contributed by atoms with Crippen LogP contribution in [0.15, 0.2) is 22.7 Å². The molecule has 27 heavy (non-hydrogen) atoms. The van der Waals surface area contributed by atoms with Crippen molar-refractivity contribution in [2.75, 3.05) is 11.5 Å². The monoisotopic (exact) mass is 401 g/mol. The lowest BCUT2D eigenvalue weighted by molar-refractivity contribution is 0.505. The summed E-state index contributed by atoms with van der Waals surface area (Å²) in [7, 11) is -1.06. The van der Waals surface area contributed by atoms with Crippen molar-refractivity contribution in [1.82, 2.24) is 15.0 Å². The first kappa shape index (κ1) is 18.3. The molecule has 1 aliphatic carbocycles. The molecular weight excluding hydrogens is 378 g/mol. The fourth-order valence-corrected chi connectivity index (χ4v) is 6.41. The Balaban J connectivity index is 1.93. The summed E-state index contributed by atoms with van der Waals surface area (Å²) in [5.74, 6) is 0.231. The fraction of sp³-hybridized carbons (Fsp3) is 0.421. The summed E-state index contributed by atoms with van der Waals surface area (Å²) in [6.45, 7) is 6.43. The number of aromatic nitrogens is 3. The molecule has 0 aliphatic heterocycles. The smallest absolute Gasteiger partial charge is 0.219 e. The second kappa shape index (κ2) is 6.53. The summed E-state index contributed by atoms with van der Waals surface area (Å²) in [4.78, 5) is 13.8. The zero-order chi connectivity index (χ0) is 19.3. The zero-order valence-electron chi connectivity index (χ0n) is 15.7. The van der Waals surface area contributed by atoms with Crippen LogP contribution in [0.1, 0.15) is 45.6 Å². The maximum atomic E-state index is 13.0. The Kier molecular flexibility index (Phi) is 4.43. The van der Waals surface area contributed by atoms with E-state index in [9.17, 15) is 4.21 Å². The Bertz CT molecular complexity index is 1030. The topological polar surface area (TPSA) is 108 Å². The molecule has 1 fully saturated rings. The summed E-state index contributed by atoms with van der Waals surface area (Å²) in [5, 5.41) is 1.15. The second-order valence-corrected chi connectivity index (χ2v) is 10.9. The normalized spacial score (nSPS) is 16.4. The van der Waals surface area contributed by atoms with Gasteiger partial charge in [0.2, 0.25) is 5.95 Å². The number of anilines is 2. The fourth-order valence-electron chi connectivity index (χ4n) is 3.20. The van der Waals surface area contributed by atoms with Crippen molar-refractivity contribution in [3.05, 3.63) is 24.0 Å². The first-order valence-corrected chi connectivity index (χ1v) is 11.0. The SMILES string of the molecule is CC(C)(C)c1cc(-c2cnc(N)nc2)nc2sc(S(=O)C3CCC3)c(N)c12. The van der Waals surface area contributed by atoms with E-state index in [-0.39, 0.29) is 16.6 Å². The lowest BCUT2D eigenvalue weighted by Crippen LogP contribution is -2.23. The highest BCUT2D eigenvalue weighted by Gasteiger charge is 2.31. The predicted octanol–water partition coefficient (Wildman–Crippen LogP) is 3.88. The molecule has 3 heterocycles. The maximum absolute atomic E-state index is 13.0. The van der Waals surface area contributed by atoms with Gasteiger partial charge >= 0.3 is 0 Å².